The summed E-state index contributed by atoms with van der Waals surface area (Å²) in [5, 5.41) is 12.6. The zero-order chi connectivity index (χ0) is 19.8. The zero-order valence-corrected chi connectivity index (χ0v) is 16.3. The van der Waals surface area contributed by atoms with Gasteiger partial charge in [-0.25, -0.2) is 4.39 Å². The minimum absolute atomic E-state index is 0.107. The maximum atomic E-state index is 13.4. The van der Waals surface area contributed by atoms with E-state index in [1.807, 2.05) is 18.4 Å². The second-order valence-corrected chi connectivity index (χ2v) is 8.01. The zero-order valence-electron chi connectivity index (χ0n) is 16.3. The molecule has 2 aromatic rings. The Balaban J connectivity index is 1.60. The maximum Gasteiger partial charge on any atom is 0.239 e. The highest BCUT2D eigenvalue weighted by atomic mass is 19.1. The van der Waals surface area contributed by atoms with Crippen molar-refractivity contribution in [2.75, 3.05) is 18.4 Å². The number of anilines is 1. The summed E-state index contributed by atoms with van der Waals surface area (Å²) in [6.07, 6.45) is 4.84. The summed E-state index contributed by atoms with van der Waals surface area (Å²) in [5.41, 5.74) is 2.85. The Morgan fingerprint density at radius 3 is 2.50 bits per heavy atom. The molecule has 6 heteroatoms. The number of carbonyl (C=O) groups excluding carboxylic acids is 1. The molecule has 0 bridgehead atoms. The topological polar surface area (TPSA) is 61.1 Å². The molecule has 1 aromatic carbocycles. The molecule has 4 rings (SSSR count). The molecule has 5 nitrogen and oxygen atoms in total. The predicted molar refractivity (Wildman–Crippen MR) is 106 cm³/mol. The van der Waals surface area contributed by atoms with Crippen molar-refractivity contribution in [2.24, 2.45) is 5.92 Å². The fraction of sp³-hybridized carbons (Fsp3) is 0.455. The molecule has 146 valence electrons. The van der Waals surface area contributed by atoms with Crippen LogP contribution in [-0.2, 0) is 4.79 Å². The first-order valence-electron chi connectivity index (χ1n) is 9.89. The van der Waals surface area contributed by atoms with E-state index >= 15 is 0 Å². The number of benzene rings is 1. The number of rotatable bonds is 7. The van der Waals surface area contributed by atoms with Crippen LogP contribution < -0.4 is 5.32 Å². The van der Waals surface area contributed by atoms with Crippen molar-refractivity contribution < 1.29 is 9.18 Å². The van der Waals surface area contributed by atoms with Gasteiger partial charge in [-0.2, -0.15) is 5.26 Å². The fourth-order valence-electron chi connectivity index (χ4n) is 3.74. The van der Waals surface area contributed by atoms with Gasteiger partial charge in [-0.1, -0.05) is 0 Å². The molecule has 2 saturated carbocycles. The van der Waals surface area contributed by atoms with E-state index in [-0.39, 0.29) is 11.7 Å². The number of nitrogens with one attached hydrogen (secondary N) is 1. The van der Waals surface area contributed by atoms with E-state index in [1.54, 1.807) is 12.1 Å². The minimum atomic E-state index is -0.323. The average Bonchev–Trinajstić information content (AvgIpc) is 3.56. The molecule has 1 heterocycles. The average molecular weight is 380 g/mol. The number of nitriles is 1. The standard InChI is InChI=1S/C22H25FN4O/c1-14-15(2)27(19-7-5-17(23)6-8-19)22(20(14)11-24)25-21(28)13-26(18-9-10-18)12-16-3-4-16/h5-8,16,18H,3-4,9-10,12-13H2,1-2H3,(H,25,28). The van der Waals surface area contributed by atoms with E-state index < -0.39 is 0 Å². The third-order valence-electron chi connectivity index (χ3n) is 5.77. The Morgan fingerprint density at radius 1 is 1.25 bits per heavy atom. The first kappa shape index (κ1) is 18.7. The molecule has 1 amide bonds. The smallest absolute Gasteiger partial charge is 0.239 e. The lowest BCUT2D eigenvalue weighted by Gasteiger charge is -2.21. The lowest BCUT2D eigenvalue weighted by atomic mass is 10.2. The third kappa shape index (κ3) is 3.81. The molecule has 0 atom stereocenters. The van der Waals surface area contributed by atoms with Crippen LogP contribution in [-0.4, -0.2) is 34.5 Å². The van der Waals surface area contributed by atoms with Crippen LogP contribution in [0.2, 0.25) is 0 Å². The van der Waals surface area contributed by atoms with Gasteiger partial charge in [0.25, 0.3) is 0 Å². The lowest BCUT2D eigenvalue weighted by Crippen LogP contribution is -2.36. The van der Waals surface area contributed by atoms with Crippen LogP contribution in [0.25, 0.3) is 5.69 Å². The van der Waals surface area contributed by atoms with E-state index in [1.165, 1.54) is 25.0 Å². The van der Waals surface area contributed by atoms with Crippen molar-refractivity contribution in [1.82, 2.24) is 9.47 Å². The molecule has 0 spiro atoms. The molecule has 1 aromatic heterocycles. The Bertz CT molecular complexity index is 933. The maximum absolute atomic E-state index is 13.4. The van der Waals surface area contributed by atoms with Crippen LogP contribution in [0.15, 0.2) is 24.3 Å². The van der Waals surface area contributed by atoms with Crippen LogP contribution in [0.3, 0.4) is 0 Å². The first-order valence-corrected chi connectivity index (χ1v) is 9.89. The molecule has 0 radical (unpaired) electrons. The summed E-state index contributed by atoms with van der Waals surface area (Å²) < 4.78 is 15.2. The molecular formula is C22H25FN4O. The molecule has 1 N–H and O–H groups in total. The Morgan fingerprint density at radius 2 is 1.93 bits per heavy atom. The molecular weight excluding hydrogens is 355 g/mol. The Kier molecular flexibility index (Phi) is 4.94. The Labute approximate surface area is 164 Å². The quantitative estimate of drug-likeness (QED) is 0.792. The van der Waals surface area contributed by atoms with Gasteiger partial charge in [0.15, 0.2) is 0 Å². The van der Waals surface area contributed by atoms with Gasteiger partial charge in [-0.05, 0) is 75.3 Å². The number of amides is 1. The molecule has 2 aliphatic rings. The number of carbonyl (C=O) groups is 1. The summed E-state index contributed by atoms with van der Waals surface area (Å²) in [4.78, 5) is 15.1. The van der Waals surface area contributed by atoms with E-state index in [9.17, 15) is 14.4 Å². The highest BCUT2D eigenvalue weighted by Crippen LogP contribution is 2.35. The van der Waals surface area contributed by atoms with Gasteiger partial charge < -0.3 is 5.32 Å². The largest absolute Gasteiger partial charge is 0.310 e. The fourth-order valence-corrected chi connectivity index (χ4v) is 3.74. The van der Waals surface area contributed by atoms with Crippen LogP contribution in [0.1, 0.15) is 42.5 Å². The lowest BCUT2D eigenvalue weighted by molar-refractivity contribution is -0.117. The molecule has 0 saturated heterocycles. The second-order valence-electron chi connectivity index (χ2n) is 8.01. The van der Waals surface area contributed by atoms with Gasteiger partial charge in [0, 0.05) is 24.0 Å². The normalized spacial score (nSPS) is 16.2. The van der Waals surface area contributed by atoms with Crippen molar-refractivity contribution in [2.45, 2.75) is 45.6 Å². The minimum Gasteiger partial charge on any atom is -0.310 e. The van der Waals surface area contributed by atoms with E-state index in [4.69, 9.17) is 0 Å². The first-order chi connectivity index (χ1) is 13.5. The van der Waals surface area contributed by atoms with Gasteiger partial charge in [-0.15, -0.1) is 0 Å². The summed E-state index contributed by atoms with van der Waals surface area (Å²) in [6.45, 7) is 5.10. The molecule has 2 aliphatic carbocycles. The van der Waals surface area contributed by atoms with Crippen LogP contribution in [0.5, 0.6) is 0 Å². The molecule has 0 unspecified atom stereocenters. The monoisotopic (exact) mass is 380 g/mol. The Hall–Kier alpha value is -2.65. The summed E-state index contributed by atoms with van der Waals surface area (Å²) in [7, 11) is 0. The number of aromatic nitrogens is 1. The van der Waals surface area contributed by atoms with Gasteiger partial charge in [0.1, 0.15) is 17.7 Å². The van der Waals surface area contributed by atoms with Crippen molar-refractivity contribution in [1.29, 1.82) is 5.26 Å². The third-order valence-corrected chi connectivity index (χ3v) is 5.77. The van der Waals surface area contributed by atoms with Crippen LogP contribution in [0.4, 0.5) is 10.2 Å². The van der Waals surface area contributed by atoms with E-state index in [0.29, 0.717) is 24.0 Å². The highest BCUT2D eigenvalue weighted by Gasteiger charge is 2.34. The van der Waals surface area contributed by atoms with Crippen molar-refractivity contribution in [3.8, 4) is 11.8 Å². The predicted octanol–water partition coefficient (Wildman–Crippen LogP) is 3.92. The number of halogens is 1. The van der Waals surface area contributed by atoms with Crippen molar-refractivity contribution in [3.05, 3.63) is 46.9 Å². The second kappa shape index (κ2) is 7.40. The number of hydrogen-bond acceptors (Lipinski definition) is 3. The van der Waals surface area contributed by atoms with Crippen LogP contribution in [0, 0.1) is 36.9 Å². The summed E-state index contributed by atoms with van der Waals surface area (Å²) in [5.74, 6) is 0.772. The summed E-state index contributed by atoms with van der Waals surface area (Å²) >= 11 is 0. The number of hydrogen-bond donors (Lipinski definition) is 1. The van der Waals surface area contributed by atoms with E-state index in [0.717, 1.165) is 42.2 Å². The van der Waals surface area contributed by atoms with Gasteiger partial charge >= 0.3 is 0 Å². The SMILES string of the molecule is Cc1c(C#N)c(NC(=O)CN(CC2CC2)C2CC2)n(-c2ccc(F)cc2)c1C. The van der Waals surface area contributed by atoms with E-state index in [2.05, 4.69) is 16.3 Å². The van der Waals surface area contributed by atoms with Gasteiger partial charge in [-0.3, -0.25) is 14.3 Å². The molecule has 28 heavy (non-hydrogen) atoms. The van der Waals surface area contributed by atoms with Crippen molar-refractivity contribution >= 4 is 11.7 Å². The van der Waals surface area contributed by atoms with Gasteiger partial charge in [0.2, 0.25) is 5.91 Å². The van der Waals surface area contributed by atoms with Crippen molar-refractivity contribution in [3.63, 3.8) is 0 Å². The van der Waals surface area contributed by atoms with Gasteiger partial charge in [0.05, 0.1) is 12.1 Å². The summed E-state index contributed by atoms with van der Waals surface area (Å²) in [6, 6.07) is 8.81. The molecule has 2 fully saturated rings. The highest BCUT2D eigenvalue weighted by molar-refractivity contribution is 5.93. The molecule has 0 aliphatic heterocycles. The van der Waals surface area contributed by atoms with Crippen LogP contribution >= 0.6 is 0 Å². The number of nitrogens with zero attached hydrogens (tertiary/aromatic N) is 3.